The zero-order chi connectivity index (χ0) is 20.4. The Morgan fingerprint density at radius 3 is 2.90 bits per heavy atom. The molecule has 1 unspecified atom stereocenters. The highest BCUT2D eigenvalue weighted by Crippen LogP contribution is 2.82. The summed E-state index contributed by atoms with van der Waals surface area (Å²) in [6, 6.07) is 0. The zero-order valence-electron chi connectivity index (χ0n) is 17.7. The topological polar surface area (TPSA) is 76.1 Å². The second kappa shape index (κ2) is 5.34. The molecule has 5 heteroatoms. The Balaban J connectivity index is 1.37. The maximum Gasteiger partial charge on any atom is 0.305 e. The van der Waals surface area contributed by atoms with Gasteiger partial charge in [0.1, 0.15) is 5.60 Å². The number of methoxy groups -OCH3 is 1. The van der Waals surface area contributed by atoms with E-state index in [9.17, 15) is 14.7 Å². The molecular weight excluding hydrogens is 368 g/mol. The van der Waals surface area contributed by atoms with Gasteiger partial charge in [-0.1, -0.05) is 19.4 Å². The van der Waals surface area contributed by atoms with Gasteiger partial charge in [0, 0.05) is 23.7 Å². The lowest BCUT2D eigenvalue weighted by molar-refractivity contribution is -0.147. The molecule has 5 nitrogen and oxygen atoms in total. The third-order valence-electron chi connectivity index (χ3n) is 10.4. The normalized spacial score (nSPS) is 56.2. The summed E-state index contributed by atoms with van der Waals surface area (Å²) in [5, 5.41) is 11.7. The first kappa shape index (κ1) is 18.6. The average molecular weight is 401 g/mol. The van der Waals surface area contributed by atoms with Gasteiger partial charge in [-0.3, -0.25) is 9.59 Å². The molecule has 1 N–H and O–H groups in total. The van der Waals surface area contributed by atoms with Crippen LogP contribution in [0.15, 0.2) is 11.6 Å². The van der Waals surface area contributed by atoms with Crippen molar-refractivity contribution in [2.24, 2.45) is 34.5 Å². The molecular formula is C24H32O5. The van der Waals surface area contributed by atoms with Crippen LogP contribution >= 0.6 is 0 Å². The number of aliphatic hydroxyl groups is 1. The Kier molecular flexibility index (Phi) is 3.42. The van der Waals surface area contributed by atoms with Crippen LogP contribution in [0.3, 0.4) is 0 Å². The molecule has 6 aliphatic rings. The fourth-order valence-electron chi connectivity index (χ4n) is 8.75. The molecule has 4 saturated carbocycles. The number of fused-ring (bicyclic) bond motifs is 6. The number of ketones is 1. The highest BCUT2D eigenvalue weighted by Gasteiger charge is 2.84. The SMILES string of the molecule is COC(=O)CC[C@]1(O)CC[C@H]2[C@@H]3[C@H]4C[C@H]4C4=CC(=O)CC[C@]4(C)C34O[C@@H]4C[C@@]21C. The molecule has 1 heterocycles. The lowest BCUT2D eigenvalue weighted by Crippen LogP contribution is -2.60. The summed E-state index contributed by atoms with van der Waals surface area (Å²) in [7, 11) is 1.41. The molecule has 1 spiro atoms. The van der Waals surface area contributed by atoms with Crippen LogP contribution in [0.4, 0.5) is 0 Å². The van der Waals surface area contributed by atoms with Gasteiger partial charge in [0.2, 0.25) is 0 Å². The first-order chi connectivity index (χ1) is 13.7. The van der Waals surface area contributed by atoms with Crippen molar-refractivity contribution in [2.75, 3.05) is 7.11 Å². The molecule has 1 saturated heterocycles. The van der Waals surface area contributed by atoms with Crippen LogP contribution in [0, 0.1) is 34.5 Å². The standard InChI is InChI=1S/C24H32O5/c1-21-7-4-13(25)10-17(21)14-11-15(14)20-16-5-8-23(27,9-6-19(26)28-3)22(16,2)12-18-24(20,21)29-18/h10,14-16,18,20,27H,4-9,11-12H2,1-3H3/t14-,15+,16+,18-,20+,21+,22+,23-,24?/m1/s1. The van der Waals surface area contributed by atoms with Gasteiger partial charge in [-0.25, -0.2) is 0 Å². The van der Waals surface area contributed by atoms with E-state index in [-0.39, 0.29) is 40.7 Å². The minimum Gasteiger partial charge on any atom is -0.469 e. The van der Waals surface area contributed by atoms with E-state index in [1.54, 1.807) is 0 Å². The first-order valence-electron chi connectivity index (χ1n) is 11.4. The van der Waals surface area contributed by atoms with Crippen LogP contribution in [-0.4, -0.2) is 41.3 Å². The smallest absolute Gasteiger partial charge is 0.305 e. The summed E-state index contributed by atoms with van der Waals surface area (Å²) in [4.78, 5) is 24.0. The molecule has 0 aromatic carbocycles. The second-order valence-electron chi connectivity index (χ2n) is 11.2. The molecule has 0 radical (unpaired) electrons. The Labute approximate surface area is 172 Å². The zero-order valence-corrected chi connectivity index (χ0v) is 17.7. The Morgan fingerprint density at radius 2 is 2.14 bits per heavy atom. The number of rotatable bonds is 3. The van der Waals surface area contributed by atoms with Gasteiger partial charge in [-0.05, 0) is 68.3 Å². The summed E-state index contributed by atoms with van der Waals surface area (Å²) in [5.41, 5.74) is 0.177. The molecule has 0 bridgehead atoms. The van der Waals surface area contributed by atoms with Crippen molar-refractivity contribution in [3.63, 3.8) is 0 Å². The van der Waals surface area contributed by atoms with Crippen molar-refractivity contribution in [1.82, 2.24) is 0 Å². The Bertz CT molecular complexity index is 848. The predicted octanol–water partition coefficient (Wildman–Crippen LogP) is 3.19. The Hall–Kier alpha value is -1.20. The summed E-state index contributed by atoms with van der Waals surface area (Å²) in [5.74, 6) is 2.07. The van der Waals surface area contributed by atoms with Crippen molar-refractivity contribution in [2.45, 2.75) is 82.5 Å². The predicted molar refractivity (Wildman–Crippen MR) is 105 cm³/mol. The fraction of sp³-hybridized carbons (Fsp3) is 0.833. The number of epoxide rings is 1. The van der Waals surface area contributed by atoms with Crippen LogP contribution < -0.4 is 0 Å². The van der Waals surface area contributed by atoms with Gasteiger partial charge in [-0.15, -0.1) is 0 Å². The summed E-state index contributed by atoms with van der Waals surface area (Å²) in [6.07, 6.45) is 8.22. The molecule has 6 rings (SSSR count). The van der Waals surface area contributed by atoms with Crippen LogP contribution in [-0.2, 0) is 19.1 Å². The quantitative estimate of drug-likeness (QED) is 0.582. The van der Waals surface area contributed by atoms with E-state index < -0.39 is 5.60 Å². The number of hydrogen-bond acceptors (Lipinski definition) is 5. The van der Waals surface area contributed by atoms with Gasteiger partial charge in [0.25, 0.3) is 0 Å². The van der Waals surface area contributed by atoms with Crippen LogP contribution in [0.2, 0.25) is 0 Å². The molecule has 9 atom stereocenters. The van der Waals surface area contributed by atoms with Gasteiger partial charge in [-0.2, -0.15) is 0 Å². The van der Waals surface area contributed by atoms with E-state index in [2.05, 4.69) is 13.8 Å². The second-order valence-corrected chi connectivity index (χ2v) is 11.2. The van der Waals surface area contributed by atoms with E-state index in [1.807, 2.05) is 6.08 Å². The van der Waals surface area contributed by atoms with Crippen molar-refractivity contribution in [1.29, 1.82) is 0 Å². The average Bonchev–Trinajstić information content (AvgIpc) is 3.58. The van der Waals surface area contributed by atoms with Gasteiger partial charge >= 0.3 is 5.97 Å². The molecule has 29 heavy (non-hydrogen) atoms. The van der Waals surface area contributed by atoms with Gasteiger partial charge in [0.05, 0.1) is 18.8 Å². The highest BCUT2D eigenvalue weighted by atomic mass is 16.6. The monoisotopic (exact) mass is 400 g/mol. The fourth-order valence-corrected chi connectivity index (χ4v) is 8.75. The van der Waals surface area contributed by atoms with E-state index in [4.69, 9.17) is 9.47 Å². The Morgan fingerprint density at radius 1 is 1.34 bits per heavy atom. The van der Waals surface area contributed by atoms with Crippen molar-refractivity contribution in [3.05, 3.63) is 11.6 Å². The number of esters is 1. The van der Waals surface area contributed by atoms with Gasteiger partial charge < -0.3 is 14.6 Å². The van der Waals surface area contributed by atoms with Gasteiger partial charge in [0.15, 0.2) is 5.78 Å². The molecule has 0 amide bonds. The first-order valence-corrected chi connectivity index (χ1v) is 11.4. The maximum absolute atomic E-state index is 12.2. The molecule has 0 aromatic heterocycles. The minimum atomic E-state index is -0.825. The van der Waals surface area contributed by atoms with E-state index in [0.29, 0.717) is 36.5 Å². The summed E-state index contributed by atoms with van der Waals surface area (Å²) in [6.45, 7) is 4.61. The number of ether oxygens (including phenoxy) is 2. The highest BCUT2D eigenvalue weighted by molar-refractivity contribution is 5.92. The van der Waals surface area contributed by atoms with E-state index in [1.165, 1.54) is 19.1 Å². The molecule has 1 aliphatic heterocycles. The maximum atomic E-state index is 12.2. The number of hydrogen-bond donors (Lipinski definition) is 1. The largest absolute Gasteiger partial charge is 0.469 e. The van der Waals surface area contributed by atoms with E-state index >= 15 is 0 Å². The lowest BCUT2D eigenvalue weighted by atomic mass is 9.46. The summed E-state index contributed by atoms with van der Waals surface area (Å²) < 4.78 is 11.5. The van der Waals surface area contributed by atoms with Crippen LogP contribution in [0.1, 0.15) is 65.2 Å². The third-order valence-corrected chi connectivity index (χ3v) is 10.4. The molecule has 0 aromatic rings. The summed E-state index contributed by atoms with van der Waals surface area (Å²) >= 11 is 0. The number of carbonyl (C=O) groups excluding carboxylic acids is 2. The molecule has 5 fully saturated rings. The third kappa shape index (κ3) is 2.00. The van der Waals surface area contributed by atoms with E-state index in [0.717, 1.165) is 25.7 Å². The number of carbonyl (C=O) groups is 2. The van der Waals surface area contributed by atoms with Crippen molar-refractivity contribution < 1.29 is 24.2 Å². The van der Waals surface area contributed by atoms with Crippen molar-refractivity contribution in [3.8, 4) is 0 Å². The molecule has 158 valence electrons. The van der Waals surface area contributed by atoms with Crippen LogP contribution in [0.25, 0.3) is 0 Å². The minimum absolute atomic E-state index is 0.0258. The van der Waals surface area contributed by atoms with Crippen LogP contribution in [0.5, 0.6) is 0 Å². The molecule has 5 aliphatic carbocycles. The lowest BCUT2D eigenvalue weighted by Gasteiger charge is -2.56. The van der Waals surface area contributed by atoms with Crippen molar-refractivity contribution >= 4 is 11.8 Å².